The first-order valence-electron chi connectivity index (χ1n) is 10.3. The number of amides is 1. The number of pyridine rings is 1. The summed E-state index contributed by atoms with van der Waals surface area (Å²) < 4.78 is 1.61. The lowest BCUT2D eigenvalue weighted by Gasteiger charge is -2.21. The van der Waals surface area contributed by atoms with E-state index in [1.54, 1.807) is 16.8 Å². The third-order valence-electron chi connectivity index (χ3n) is 5.35. The predicted octanol–water partition coefficient (Wildman–Crippen LogP) is 3.93. The van der Waals surface area contributed by atoms with Gasteiger partial charge < -0.3 is 10.2 Å². The first kappa shape index (κ1) is 20.3. The molecule has 4 rings (SSSR count). The molecule has 3 heterocycles. The first-order valence-corrected chi connectivity index (χ1v) is 10.7. The number of hydrogen-bond donors (Lipinski definition) is 1. The Bertz CT molecular complexity index is 1010. The van der Waals surface area contributed by atoms with E-state index in [-0.39, 0.29) is 5.91 Å². The van der Waals surface area contributed by atoms with Crippen molar-refractivity contribution in [3.63, 3.8) is 0 Å². The van der Waals surface area contributed by atoms with E-state index in [2.05, 4.69) is 25.5 Å². The van der Waals surface area contributed by atoms with Crippen LogP contribution in [0.25, 0.3) is 5.69 Å². The van der Waals surface area contributed by atoms with Crippen molar-refractivity contribution in [2.45, 2.75) is 39.2 Å². The van der Waals surface area contributed by atoms with Crippen LogP contribution in [0, 0.1) is 6.92 Å². The fourth-order valence-corrected chi connectivity index (χ4v) is 3.85. The minimum Gasteiger partial charge on any atom is -0.357 e. The number of aromatic nitrogens is 4. The van der Waals surface area contributed by atoms with E-state index < -0.39 is 0 Å². The highest BCUT2D eigenvalue weighted by atomic mass is 35.5. The Hall–Kier alpha value is -2.93. The van der Waals surface area contributed by atoms with Gasteiger partial charge in [-0.3, -0.25) is 4.79 Å². The van der Waals surface area contributed by atoms with E-state index in [1.807, 2.05) is 37.4 Å². The van der Waals surface area contributed by atoms with Gasteiger partial charge in [-0.25, -0.2) is 9.67 Å². The third-order valence-corrected chi connectivity index (χ3v) is 5.59. The quantitative estimate of drug-likeness (QED) is 0.671. The first-order chi connectivity index (χ1) is 14.6. The summed E-state index contributed by atoms with van der Waals surface area (Å²) in [6.45, 7) is 4.32. The molecule has 2 aromatic heterocycles. The van der Waals surface area contributed by atoms with Gasteiger partial charge in [0, 0.05) is 30.9 Å². The molecule has 0 aliphatic carbocycles. The number of rotatable bonds is 5. The average molecular weight is 425 g/mol. The summed E-state index contributed by atoms with van der Waals surface area (Å²) in [5.74, 6) is 0.740. The number of carbonyl (C=O) groups excluding carboxylic acids is 1. The Labute approximate surface area is 181 Å². The number of carbonyl (C=O) groups is 1. The molecule has 0 atom stereocenters. The molecule has 0 spiro atoms. The summed E-state index contributed by atoms with van der Waals surface area (Å²) in [4.78, 5) is 19.6. The molecule has 1 aliphatic rings. The van der Waals surface area contributed by atoms with E-state index >= 15 is 0 Å². The van der Waals surface area contributed by atoms with Crippen LogP contribution in [0.15, 0.2) is 42.6 Å². The Kier molecular flexibility index (Phi) is 6.28. The molecule has 8 heteroatoms. The zero-order valence-corrected chi connectivity index (χ0v) is 17.8. The molecule has 1 aromatic carbocycles. The average Bonchev–Trinajstić information content (AvgIpc) is 2.96. The molecule has 1 saturated heterocycles. The molecule has 1 fully saturated rings. The molecule has 3 aromatic rings. The van der Waals surface area contributed by atoms with Gasteiger partial charge in [-0.1, -0.05) is 41.8 Å². The van der Waals surface area contributed by atoms with Crippen molar-refractivity contribution in [1.29, 1.82) is 0 Å². The Balaban J connectivity index is 1.39. The largest absolute Gasteiger partial charge is 0.357 e. The van der Waals surface area contributed by atoms with Crippen molar-refractivity contribution in [1.82, 2.24) is 25.3 Å². The molecule has 0 unspecified atom stereocenters. The standard InChI is InChI=1S/C22H25ClN6O/c1-16-21(26-27-29(16)19-8-6-7-18(23)13-19)22(30)25-15-17-9-10-20(24-14-17)28-11-4-2-3-5-12-28/h6-10,13-14H,2-5,11-12,15H2,1H3,(H,25,30). The second-order valence-corrected chi connectivity index (χ2v) is 7.96. The van der Waals surface area contributed by atoms with Gasteiger partial charge in [0.25, 0.3) is 5.91 Å². The highest BCUT2D eigenvalue weighted by molar-refractivity contribution is 6.30. The number of nitrogens with one attached hydrogen (secondary N) is 1. The summed E-state index contributed by atoms with van der Waals surface area (Å²) in [5, 5.41) is 11.7. The maximum Gasteiger partial charge on any atom is 0.274 e. The van der Waals surface area contributed by atoms with E-state index in [0.717, 1.165) is 30.2 Å². The van der Waals surface area contributed by atoms with Gasteiger partial charge in [0.2, 0.25) is 0 Å². The maximum atomic E-state index is 12.6. The molecule has 30 heavy (non-hydrogen) atoms. The van der Waals surface area contributed by atoms with E-state index in [1.165, 1.54) is 25.7 Å². The van der Waals surface area contributed by atoms with Crippen LogP contribution in [0.4, 0.5) is 5.82 Å². The van der Waals surface area contributed by atoms with E-state index in [4.69, 9.17) is 11.6 Å². The fraction of sp³-hybridized carbons (Fsp3) is 0.364. The van der Waals surface area contributed by atoms with Gasteiger partial charge in [0.1, 0.15) is 5.82 Å². The minimum absolute atomic E-state index is 0.266. The van der Waals surface area contributed by atoms with Crippen LogP contribution in [0.2, 0.25) is 5.02 Å². The van der Waals surface area contributed by atoms with Gasteiger partial charge in [0.05, 0.1) is 11.4 Å². The molecule has 0 saturated carbocycles. The monoisotopic (exact) mass is 424 g/mol. The molecule has 7 nitrogen and oxygen atoms in total. The highest BCUT2D eigenvalue weighted by Gasteiger charge is 2.17. The molecular weight excluding hydrogens is 400 g/mol. The molecule has 156 valence electrons. The van der Waals surface area contributed by atoms with Crippen LogP contribution in [0.1, 0.15) is 47.4 Å². The van der Waals surface area contributed by atoms with Gasteiger partial charge in [-0.2, -0.15) is 0 Å². The van der Waals surface area contributed by atoms with Gasteiger partial charge >= 0.3 is 0 Å². The Morgan fingerprint density at radius 3 is 2.63 bits per heavy atom. The predicted molar refractivity (Wildman–Crippen MR) is 117 cm³/mol. The van der Waals surface area contributed by atoms with Crippen LogP contribution in [0.3, 0.4) is 0 Å². The van der Waals surface area contributed by atoms with E-state index in [9.17, 15) is 4.79 Å². The van der Waals surface area contributed by atoms with Crippen molar-refractivity contribution in [2.24, 2.45) is 0 Å². The van der Waals surface area contributed by atoms with Gasteiger partial charge in [0.15, 0.2) is 5.69 Å². The highest BCUT2D eigenvalue weighted by Crippen LogP contribution is 2.18. The number of halogens is 1. The van der Waals surface area contributed by atoms with Crippen molar-refractivity contribution >= 4 is 23.3 Å². The Morgan fingerprint density at radius 2 is 1.93 bits per heavy atom. The number of nitrogens with zero attached hydrogens (tertiary/aromatic N) is 5. The van der Waals surface area contributed by atoms with Crippen molar-refractivity contribution in [3.8, 4) is 5.69 Å². The smallest absolute Gasteiger partial charge is 0.274 e. The molecule has 0 radical (unpaired) electrons. The number of anilines is 1. The van der Waals surface area contributed by atoms with Crippen LogP contribution in [-0.2, 0) is 6.54 Å². The summed E-state index contributed by atoms with van der Waals surface area (Å²) in [7, 11) is 0. The van der Waals surface area contributed by atoms with Crippen molar-refractivity contribution in [2.75, 3.05) is 18.0 Å². The number of benzene rings is 1. The lowest BCUT2D eigenvalue weighted by atomic mass is 10.2. The van der Waals surface area contributed by atoms with Crippen LogP contribution in [0.5, 0.6) is 0 Å². The SMILES string of the molecule is Cc1c(C(=O)NCc2ccc(N3CCCCCC3)nc2)nnn1-c1cccc(Cl)c1. The fourth-order valence-electron chi connectivity index (χ4n) is 3.67. The topological polar surface area (TPSA) is 75.9 Å². The summed E-state index contributed by atoms with van der Waals surface area (Å²) in [6.07, 6.45) is 6.85. The number of hydrogen-bond acceptors (Lipinski definition) is 5. The molecule has 1 aliphatic heterocycles. The third kappa shape index (κ3) is 4.62. The lowest BCUT2D eigenvalue weighted by molar-refractivity contribution is 0.0945. The molecule has 0 bridgehead atoms. The van der Waals surface area contributed by atoms with Crippen LogP contribution >= 0.6 is 11.6 Å². The second kappa shape index (κ2) is 9.26. The van der Waals surface area contributed by atoms with E-state index in [0.29, 0.717) is 23.0 Å². The molecular formula is C22H25ClN6O. The van der Waals surface area contributed by atoms with Crippen molar-refractivity contribution < 1.29 is 4.79 Å². The van der Waals surface area contributed by atoms with Crippen molar-refractivity contribution in [3.05, 3.63) is 64.6 Å². The second-order valence-electron chi connectivity index (χ2n) is 7.52. The molecule has 1 amide bonds. The summed E-state index contributed by atoms with van der Waals surface area (Å²) >= 11 is 6.05. The summed E-state index contributed by atoms with van der Waals surface area (Å²) in [5.41, 5.74) is 2.66. The molecule has 1 N–H and O–H groups in total. The Morgan fingerprint density at radius 1 is 1.13 bits per heavy atom. The van der Waals surface area contributed by atoms with Gasteiger partial charge in [-0.05, 0) is 49.6 Å². The summed E-state index contributed by atoms with van der Waals surface area (Å²) in [6, 6.07) is 11.3. The maximum absolute atomic E-state index is 12.6. The van der Waals surface area contributed by atoms with Gasteiger partial charge in [-0.15, -0.1) is 5.10 Å². The van der Waals surface area contributed by atoms with Crippen LogP contribution < -0.4 is 10.2 Å². The van der Waals surface area contributed by atoms with Crippen LogP contribution in [-0.4, -0.2) is 39.0 Å². The lowest BCUT2D eigenvalue weighted by Crippen LogP contribution is -2.26. The minimum atomic E-state index is -0.266. The zero-order chi connectivity index (χ0) is 20.9. The zero-order valence-electron chi connectivity index (χ0n) is 17.0. The normalized spacial score (nSPS) is 14.4.